The average molecular weight is 520 g/mol. The quantitative estimate of drug-likeness (QED) is 0.302. The van der Waals surface area contributed by atoms with Gasteiger partial charge in [0.25, 0.3) is 0 Å². The lowest BCUT2D eigenvalue weighted by Crippen LogP contribution is -2.43. The molecule has 3 aromatic carbocycles. The number of hydrogen-bond acceptors (Lipinski definition) is 4. The van der Waals surface area contributed by atoms with Crippen molar-refractivity contribution in [1.29, 1.82) is 0 Å². The highest BCUT2D eigenvalue weighted by Crippen LogP contribution is 2.34. The topological polar surface area (TPSA) is 59.0 Å². The van der Waals surface area contributed by atoms with Crippen molar-refractivity contribution >= 4 is 5.97 Å². The van der Waals surface area contributed by atoms with E-state index in [-0.39, 0.29) is 18.2 Å². The number of benzene rings is 3. The van der Waals surface area contributed by atoms with Gasteiger partial charge in [0.05, 0.1) is 13.5 Å². The Kier molecular flexibility index (Phi) is 9.05. The first kappa shape index (κ1) is 27.6. The summed E-state index contributed by atoms with van der Waals surface area (Å²) in [4.78, 5) is 13.6. The van der Waals surface area contributed by atoms with Gasteiger partial charge in [-0.3, -0.25) is 9.69 Å². The van der Waals surface area contributed by atoms with Crippen molar-refractivity contribution in [1.82, 2.24) is 4.90 Å². The minimum absolute atomic E-state index is 0.0719. The number of aliphatic carboxylic acids is 1. The Morgan fingerprint density at radius 3 is 2.50 bits per heavy atom. The van der Waals surface area contributed by atoms with Crippen molar-refractivity contribution in [2.45, 2.75) is 77.6 Å². The Labute approximate surface area is 225 Å². The van der Waals surface area contributed by atoms with Crippen LogP contribution in [0.2, 0.25) is 0 Å². The molecule has 202 valence electrons. The average Bonchev–Trinajstić information content (AvgIpc) is 2.90. The van der Waals surface area contributed by atoms with Crippen LogP contribution in [0.4, 0.5) is 4.39 Å². The Morgan fingerprint density at radius 1 is 1.03 bits per heavy atom. The fourth-order valence-corrected chi connectivity index (χ4v) is 5.41. The summed E-state index contributed by atoms with van der Waals surface area (Å²) in [6.07, 6.45) is 3.62. The van der Waals surface area contributed by atoms with Crippen LogP contribution in [0.25, 0.3) is 11.1 Å². The summed E-state index contributed by atoms with van der Waals surface area (Å²) in [5.41, 5.74) is 4.38. The van der Waals surface area contributed by atoms with Crippen LogP contribution in [-0.2, 0) is 17.9 Å². The maximum absolute atomic E-state index is 15.0. The Hall–Kier alpha value is -3.38. The SMILES string of the molecule is COc1ccc(F)c(-c2ccc(COc3cccc([C@H](C)CC(=O)O)c3)cc2CN2[C@H](C)CCC[C@H]2C)c1. The van der Waals surface area contributed by atoms with Crippen molar-refractivity contribution in [2.75, 3.05) is 7.11 Å². The number of nitrogens with zero attached hydrogens (tertiary/aromatic N) is 1. The van der Waals surface area contributed by atoms with Crippen LogP contribution in [0.1, 0.15) is 69.1 Å². The first-order valence-electron chi connectivity index (χ1n) is 13.4. The van der Waals surface area contributed by atoms with E-state index in [0.29, 0.717) is 35.8 Å². The van der Waals surface area contributed by atoms with Gasteiger partial charge in [-0.25, -0.2) is 4.39 Å². The molecule has 1 heterocycles. The third kappa shape index (κ3) is 6.73. The highest BCUT2D eigenvalue weighted by molar-refractivity contribution is 5.70. The second-order valence-electron chi connectivity index (χ2n) is 10.5. The first-order chi connectivity index (χ1) is 18.2. The second kappa shape index (κ2) is 12.4. The third-order valence-corrected chi connectivity index (χ3v) is 7.68. The van der Waals surface area contributed by atoms with Gasteiger partial charge in [0.1, 0.15) is 23.9 Å². The van der Waals surface area contributed by atoms with Crippen LogP contribution in [0.15, 0.2) is 60.7 Å². The molecular weight excluding hydrogens is 481 g/mol. The smallest absolute Gasteiger partial charge is 0.303 e. The lowest BCUT2D eigenvalue weighted by molar-refractivity contribution is -0.137. The zero-order chi connectivity index (χ0) is 27.2. The molecule has 0 spiro atoms. The van der Waals surface area contributed by atoms with E-state index in [1.54, 1.807) is 19.2 Å². The zero-order valence-corrected chi connectivity index (χ0v) is 22.7. The molecule has 3 atom stereocenters. The predicted molar refractivity (Wildman–Crippen MR) is 148 cm³/mol. The van der Waals surface area contributed by atoms with Crippen molar-refractivity contribution < 1.29 is 23.8 Å². The Morgan fingerprint density at radius 2 is 1.79 bits per heavy atom. The molecule has 0 radical (unpaired) electrons. The van der Waals surface area contributed by atoms with E-state index in [0.717, 1.165) is 41.6 Å². The molecule has 1 N–H and O–H groups in total. The van der Waals surface area contributed by atoms with E-state index >= 15 is 4.39 Å². The molecule has 0 bridgehead atoms. The summed E-state index contributed by atoms with van der Waals surface area (Å²) in [5.74, 6) is 0.122. The zero-order valence-electron chi connectivity index (χ0n) is 22.7. The molecule has 5 nitrogen and oxygen atoms in total. The molecule has 1 saturated heterocycles. The molecule has 0 unspecified atom stereocenters. The summed E-state index contributed by atoms with van der Waals surface area (Å²) in [7, 11) is 1.59. The number of likely N-dealkylation sites (tertiary alicyclic amines) is 1. The van der Waals surface area contributed by atoms with E-state index in [2.05, 4.69) is 24.8 Å². The number of halogens is 1. The standard InChI is InChI=1S/C32H38FNO4/c1-21(15-32(35)36)25-9-6-10-28(17-25)38-20-24-11-13-29(30-18-27(37-4)12-14-31(30)33)26(16-24)19-34-22(2)7-5-8-23(34)3/h6,9-14,16-18,21-23H,5,7-8,15,19-20H2,1-4H3,(H,35,36)/t21-,22-,23-/m1/s1. The highest BCUT2D eigenvalue weighted by atomic mass is 19.1. The summed E-state index contributed by atoms with van der Waals surface area (Å²) in [6, 6.07) is 19.5. The molecule has 1 aliphatic heterocycles. The Balaban J connectivity index is 1.62. The molecule has 0 aliphatic carbocycles. The molecule has 4 rings (SSSR count). The van der Waals surface area contributed by atoms with Crippen molar-refractivity contribution in [3.8, 4) is 22.6 Å². The first-order valence-corrected chi connectivity index (χ1v) is 13.4. The number of rotatable bonds is 10. The molecule has 3 aromatic rings. The van der Waals surface area contributed by atoms with Gasteiger partial charge in [-0.1, -0.05) is 43.7 Å². The number of piperidine rings is 1. The van der Waals surface area contributed by atoms with Crippen LogP contribution in [0.5, 0.6) is 11.5 Å². The van der Waals surface area contributed by atoms with Gasteiger partial charge in [0.15, 0.2) is 0 Å². The predicted octanol–water partition coefficient (Wildman–Crippen LogP) is 7.42. The lowest BCUT2D eigenvalue weighted by atomic mass is 9.93. The van der Waals surface area contributed by atoms with Crippen molar-refractivity contribution in [2.24, 2.45) is 0 Å². The van der Waals surface area contributed by atoms with Crippen molar-refractivity contribution in [3.63, 3.8) is 0 Å². The van der Waals surface area contributed by atoms with Crippen molar-refractivity contribution in [3.05, 3.63) is 83.2 Å². The van der Waals surface area contributed by atoms with E-state index < -0.39 is 5.97 Å². The second-order valence-corrected chi connectivity index (χ2v) is 10.5. The molecule has 1 aliphatic rings. The van der Waals surface area contributed by atoms with Crippen LogP contribution < -0.4 is 9.47 Å². The number of methoxy groups -OCH3 is 1. The highest BCUT2D eigenvalue weighted by Gasteiger charge is 2.26. The van der Waals surface area contributed by atoms with Gasteiger partial charge < -0.3 is 14.6 Å². The maximum Gasteiger partial charge on any atom is 0.303 e. The van der Waals surface area contributed by atoms with Gasteiger partial charge in [0.2, 0.25) is 0 Å². The van der Waals surface area contributed by atoms with Gasteiger partial charge in [-0.2, -0.15) is 0 Å². The maximum atomic E-state index is 15.0. The monoisotopic (exact) mass is 519 g/mol. The largest absolute Gasteiger partial charge is 0.497 e. The van der Waals surface area contributed by atoms with E-state index in [1.807, 2.05) is 43.3 Å². The molecule has 0 aromatic heterocycles. The van der Waals surface area contributed by atoms with Gasteiger partial charge in [0, 0.05) is 24.2 Å². The molecular formula is C32H38FNO4. The van der Waals surface area contributed by atoms with E-state index in [4.69, 9.17) is 14.6 Å². The van der Waals surface area contributed by atoms with Gasteiger partial charge in [-0.05, 0) is 85.2 Å². The normalized spacial score (nSPS) is 18.7. The minimum atomic E-state index is -0.818. The molecule has 38 heavy (non-hydrogen) atoms. The lowest BCUT2D eigenvalue weighted by Gasteiger charge is -2.39. The fourth-order valence-electron chi connectivity index (χ4n) is 5.41. The molecule has 1 fully saturated rings. The Bertz CT molecular complexity index is 1250. The number of carboxylic acid groups (broad SMARTS) is 1. The number of carbonyl (C=O) groups is 1. The van der Waals surface area contributed by atoms with Crippen LogP contribution in [0, 0.1) is 5.82 Å². The molecule has 0 saturated carbocycles. The number of ether oxygens (including phenoxy) is 2. The molecule has 6 heteroatoms. The minimum Gasteiger partial charge on any atom is -0.497 e. The summed E-state index contributed by atoms with van der Waals surface area (Å²) < 4.78 is 26.5. The van der Waals surface area contributed by atoms with Crippen LogP contribution in [0.3, 0.4) is 0 Å². The third-order valence-electron chi connectivity index (χ3n) is 7.68. The van der Waals surface area contributed by atoms with Crippen LogP contribution >= 0.6 is 0 Å². The van der Waals surface area contributed by atoms with E-state index in [1.165, 1.54) is 12.5 Å². The summed E-state index contributed by atoms with van der Waals surface area (Å²) in [5, 5.41) is 9.13. The fraction of sp³-hybridized carbons (Fsp3) is 0.406. The van der Waals surface area contributed by atoms with E-state index in [9.17, 15) is 4.79 Å². The summed E-state index contributed by atoms with van der Waals surface area (Å²) in [6.45, 7) is 7.53. The summed E-state index contributed by atoms with van der Waals surface area (Å²) >= 11 is 0. The number of carboxylic acids is 1. The number of hydrogen-bond donors (Lipinski definition) is 1. The molecule has 0 amide bonds. The van der Waals surface area contributed by atoms with Crippen LogP contribution in [-0.4, -0.2) is 35.2 Å². The van der Waals surface area contributed by atoms with Gasteiger partial charge in [-0.15, -0.1) is 0 Å². The van der Waals surface area contributed by atoms with Gasteiger partial charge >= 0.3 is 5.97 Å².